The summed E-state index contributed by atoms with van der Waals surface area (Å²) in [6, 6.07) is 3.73. The minimum Gasteiger partial charge on any atom is -0.467 e. The summed E-state index contributed by atoms with van der Waals surface area (Å²) in [7, 11) is 1.83. The van der Waals surface area contributed by atoms with Crippen molar-refractivity contribution < 1.29 is 9.21 Å². The van der Waals surface area contributed by atoms with Crippen LogP contribution < -0.4 is 5.73 Å². The summed E-state index contributed by atoms with van der Waals surface area (Å²) in [5.41, 5.74) is 5.57. The van der Waals surface area contributed by atoms with E-state index in [1.165, 1.54) is 0 Å². The summed E-state index contributed by atoms with van der Waals surface area (Å²) in [5, 5.41) is 0. The van der Waals surface area contributed by atoms with Crippen LogP contribution in [0.25, 0.3) is 0 Å². The van der Waals surface area contributed by atoms with Gasteiger partial charge in [0.15, 0.2) is 0 Å². The Balaban J connectivity index is 2.03. The van der Waals surface area contributed by atoms with Crippen molar-refractivity contribution in [2.45, 2.75) is 39.2 Å². The van der Waals surface area contributed by atoms with Gasteiger partial charge < -0.3 is 15.1 Å². The minimum absolute atomic E-state index is 0.165. The highest BCUT2D eigenvalue weighted by molar-refractivity contribution is 5.82. The Morgan fingerprint density at radius 2 is 2.21 bits per heavy atom. The van der Waals surface area contributed by atoms with Crippen LogP contribution in [-0.4, -0.2) is 24.4 Å². The maximum atomic E-state index is 12.7. The molecule has 1 aromatic rings. The third-order valence-corrected chi connectivity index (χ3v) is 4.40. The Bertz CT molecular complexity index is 406. The molecule has 0 atom stereocenters. The molecule has 1 aromatic heterocycles. The number of hydrogen-bond acceptors (Lipinski definition) is 3. The first-order valence-electron chi connectivity index (χ1n) is 7.05. The van der Waals surface area contributed by atoms with Crippen LogP contribution in [0.2, 0.25) is 0 Å². The summed E-state index contributed by atoms with van der Waals surface area (Å²) in [6.07, 6.45) is 5.64. The van der Waals surface area contributed by atoms with Gasteiger partial charge in [-0.1, -0.05) is 6.92 Å². The molecule has 0 radical (unpaired) electrons. The van der Waals surface area contributed by atoms with Crippen molar-refractivity contribution in [2.75, 3.05) is 13.6 Å². The number of carbonyl (C=O) groups is 1. The van der Waals surface area contributed by atoms with E-state index in [-0.39, 0.29) is 11.3 Å². The van der Waals surface area contributed by atoms with E-state index >= 15 is 0 Å². The number of carbonyl (C=O) groups excluding carboxylic acids is 1. The fraction of sp³-hybridized carbons (Fsp3) is 0.667. The third-order valence-electron chi connectivity index (χ3n) is 4.40. The Labute approximate surface area is 114 Å². The zero-order valence-corrected chi connectivity index (χ0v) is 11.9. The molecule has 1 aliphatic rings. The maximum absolute atomic E-state index is 12.7. The molecule has 0 unspecified atom stereocenters. The van der Waals surface area contributed by atoms with Gasteiger partial charge in [0.05, 0.1) is 18.2 Å². The second kappa shape index (κ2) is 5.78. The summed E-state index contributed by atoms with van der Waals surface area (Å²) >= 11 is 0. The van der Waals surface area contributed by atoms with Gasteiger partial charge in [-0.2, -0.15) is 0 Å². The van der Waals surface area contributed by atoms with E-state index in [4.69, 9.17) is 10.2 Å². The van der Waals surface area contributed by atoms with Gasteiger partial charge in [0, 0.05) is 13.6 Å². The van der Waals surface area contributed by atoms with Crippen molar-refractivity contribution in [3.05, 3.63) is 24.2 Å². The predicted octanol–water partition coefficient (Wildman–Crippen LogP) is 2.39. The minimum atomic E-state index is -0.353. The summed E-state index contributed by atoms with van der Waals surface area (Å²) in [6.45, 7) is 3.21. The molecule has 1 fully saturated rings. The number of hydrogen-bond donors (Lipinski definition) is 1. The van der Waals surface area contributed by atoms with Gasteiger partial charge >= 0.3 is 0 Å². The van der Waals surface area contributed by atoms with Crippen LogP contribution in [0.5, 0.6) is 0 Å². The molecule has 1 aliphatic carbocycles. The fourth-order valence-electron chi connectivity index (χ4n) is 2.93. The van der Waals surface area contributed by atoms with Crippen LogP contribution in [-0.2, 0) is 11.3 Å². The van der Waals surface area contributed by atoms with Crippen molar-refractivity contribution in [1.82, 2.24) is 4.90 Å². The Morgan fingerprint density at radius 1 is 1.53 bits per heavy atom. The van der Waals surface area contributed by atoms with Gasteiger partial charge in [-0.15, -0.1) is 0 Å². The first-order chi connectivity index (χ1) is 9.07. The van der Waals surface area contributed by atoms with Gasteiger partial charge in [-0.3, -0.25) is 4.79 Å². The van der Waals surface area contributed by atoms with Crippen molar-refractivity contribution >= 4 is 5.91 Å². The van der Waals surface area contributed by atoms with E-state index in [2.05, 4.69) is 6.92 Å². The number of nitrogens with zero attached hydrogens (tertiary/aromatic N) is 1. The lowest BCUT2D eigenvalue weighted by Gasteiger charge is -2.39. The molecule has 106 valence electrons. The molecular formula is C15H24N2O2. The average molecular weight is 264 g/mol. The van der Waals surface area contributed by atoms with E-state index in [0.717, 1.165) is 31.4 Å². The molecule has 0 spiro atoms. The molecule has 0 aromatic carbocycles. The van der Waals surface area contributed by atoms with E-state index in [9.17, 15) is 4.79 Å². The largest absolute Gasteiger partial charge is 0.467 e. The standard InChI is InChI=1S/C15H24N2O2/c1-12-5-7-15(11-16,8-6-12)14(18)17(2)10-13-4-3-9-19-13/h3-4,9,12H,5-8,10-11,16H2,1-2H3. The van der Waals surface area contributed by atoms with Crippen LogP contribution in [0, 0.1) is 11.3 Å². The van der Waals surface area contributed by atoms with Crippen molar-refractivity contribution in [2.24, 2.45) is 17.1 Å². The summed E-state index contributed by atoms with van der Waals surface area (Å²) in [5.74, 6) is 1.69. The van der Waals surface area contributed by atoms with Crippen LogP contribution in [0.4, 0.5) is 0 Å². The van der Waals surface area contributed by atoms with Gasteiger partial charge in [0.2, 0.25) is 5.91 Å². The Kier molecular flexibility index (Phi) is 4.30. The molecule has 4 nitrogen and oxygen atoms in total. The Morgan fingerprint density at radius 3 is 2.74 bits per heavy atom. The van der Waals surface area contributed by atoms with E-state index in [0.29, 0.717) is 19.0 Å². The normalized spacial score (nSPS) is 27.2. The van der Waals surface area contributed by atoms with Crippen molar-refractivity contribution in [1.29, 1.82) is 0 Å². The molecule has 1 amide bonds. The number of nitrogens with two attached hydrogens (primary N) is 1. The summed E-state index contributed by atoms with van der Waals surface area (Å²) in [4.78, 5) is 14.4. The van der Waals surface area contributed by atoms with Crippen molar-refractivity contribution in [3.63, 3.8) is 0 Å². The topological polar surface area (TPSA) is 59.5 Å². The number of rotatable bonds is 4. The highest BCUT2D eigenvalue weighted by Gasteiger charge is 2.41. The molecule has 4 heteroatoms. The monoisotopic (exact) mass is 264 g/mol. The van der Waals surface area contributed by atoms with Gasteiger partial charge in [0.25, 0.3) is 0 Å². The SMILES string of the molecule is CC1CCC(CN)(C(=O)N(C)Cc2ccco2)CC1. The van der Waals surface area contributed by atoms with Crippen LogP contribution in [0.3, 0.4) is 0 Å². The smallest absolute Gasteiger partial charge is 0.230 e. The first-order valence-corrected chi connectivity index (χ1v) is 7.05. The fourth-order valence-corrected chi connectivity index (χ4v) is 2.93. The van der Waals surface area contributed by atoms with E-state index in [1.54, 1.807) is 11.2 Å². The van der Waals surface area contributed by atoms with Gasteiger partial charge in [-0.05, 0) is 43.7 Å². The Hall–Kier alpha value is -1.29. The quantitative estimate of drug-likeness (QED) is 0.908. The number of amides is 1. The molecule has 0 bridgehead atoms. The zero-order valence-electron chi connectivity index (χ0n) is 11.9. The van der Waals surface area contributed by atoms with Gasteiger partial charge in [0.1, 0.15) is 5.76 Å². The number of furan rings is 1. The first kappa shape index (κ1) is 14.1. The molecule has 0 aliphatic heterocycles. The van der Waals surface area contributed by atoms with E-state index in [1.807, 2.05) is 19.2 Å². The van der Waals surface area contributed by atoms with E-state index < -0.39 is 0 Å². The molecule has 1 saturated carbocycles. The molecule has 19 heavy (non-hydrogen) atoms. The second-order valence-electron chi connectivity index (χ2n) is 5.91. The van der Waals surface area contributed by atoms with Crippen molar-refractivity contribution in [3.8, 4) is 0 Å². The predicted molar refractivity (Wildman–Crippen MR) is 74.3 cm³/mol. The summed E-state index contributed by atoms with van der Waals surface area (Å²) < 4.78 is 5.30. The third kappa shape index (κ3) is 3.00. The molecular weight excluding hydrogens is 240 g/mol. The molecule has 2 N–H and O–H groups in total. The lowest BCUT2D eigenvalue weighted by Crippen LogP contribution is -2.48. The lowest BCUT2D eigenvalue weighted by molar-refractivity contribution is -0.143. The molecule has 0 saturated heterocycles. The highest BCUT2D eigenvalue weighted by atomic mass is 16.3. The zero-order chi connectivity index (χ0) is 13.9. The highest BCUT2D eigenvalue weighted by Crippen LogP contribution is 2.39. The second-order valence-corrected chi connectivity index (χ2v) is 5.91. The van der Waals surface area contributed by atoms with Crippen LogP contribution in [0.1, 0.15) is 38.4 Å². The lowest BCUT2D eigenvalue weighted by atomic mass is 9.70. The van der Waals surface area contributed by atoms with Gasteiger partial charge in [-0.25, -0.2) is 0 Å². The molecule has 2 rings (SSSR count). The molecule has 1 heterocycles. The van der Waals surface area contributed by atoms with Crippen LogP contribution >= 0.6 is 0 Å². The average Bonchev–Trinajstić information content (AvgIpc) is 2.92. The maximum Gasteiger partial charge on any atom is 0.230 e. The van der Waals surface area contributed by atoms with Crippen LogP contribution in [0.15, 0.2) is 22.8 Å².